The molecule has 19 heavy (non-hydrogen) atoms. The molecule has 0 bridgehead atoms. The average Bonchev–Trinajstić information content (AvgIpc) is 2.70. The largest absolute Gasteiger partial charge is 0.308 e. The van der Waals surface area contributed by atoms with Crippen LogP contribution in [0.3, 0.4) is 0 Å². The highest BCUT2D eigenvalue weighted by Crippen LogP contribution is 2.33. The summed E-state index contributed by atoms with van der Waals surface area (Å²) in [4.78, 5) is 15.1. The summed E-state index contributed by atoms with van der Waals surface area (Å²) in [7, 11) is 0. The molecule has 1 amide bonds. The molecule has 1 aromatic heterocycles. The van der Waals surface area contributed by atoms with E-state index in [-0.39, 0.29) is 5.91 Å². The highest BCUT2D eigenvalue weighted by atomic mass is 79.9. The molecule has 0 spiro atoms. The Kier molecular flexibility index (Phi) is 4.81. The Morgan fingerprint density at radius 1 is 1.32 bits per heavy atom. The molecule has 2 aromatic rings. The minimum Gasteiger partial charge on any atom is -0.308 e. The molecule has 0 N–H and O–H groups in total. The molecule has 1 aromatic carbocycles. The Morgan fingerprint density at radius 3 is 2.58 bits per heavy atom. The van der Waals surface area contributed by atoms with E-state index < -0.39 is 0 Å². The number of carbonyl (C=O) groups excluding carboxylic acids is 1. The lowest BCUT2D eigenvalue weighted by molar-refractivity contribution is 0.0992. The summed E-state index contributed by atoms with van der Waals surface area (Å²) in [5.41, 5.74) is 2.09. The predicted molar refractivity (Wildman–Crippen MR) is 88.2 cm³/mol. The molecule has 0 aliphatic heterocycles. The van der Waals surface area contributed by atoms with Gasteiger partial charge in [-0.15, -0.1) is 11.3 Å². The van der Waals surface area contributed by atoms with E-state index in [0.29, 0.717) is 6.54 Å². The van der Waals surface area contributed by atoms with Crippen molar-refractivity contribution in [2.45, 2.75) is 13.8 Å². The van der Waals surface area contributed by atoms with Crippen molar-refractivity contribution in [3.8, 4) is 0 Å². The van der Waals surface area contributed by atoms with Gasteiger partial charge < -0.3 is 4.90 Å². The van der Waals surface area contributed by atoms with E-state index in [9.17, 15) is 4.79 Å². The molecule has 2 rings (SSSR count). The first-order valence-electron chi connectivity index (χ1n) is 5.86. The fraction of sp³-hybridized carbons (Fsp3) is 0.214. The molecule has 0 fully saturated rings. The van der Waals surface area contributed by atoms with E-state index in [1.165, 1.54) is 11.3 Å². The SMILES string of the molecule is CCN(C(=O)c1cc(Br)c(Br)s1)c1cccc(C)c1. The van der Waals surface area contributed by atoms with Crippen molar-refractivity contribution >= 4 is 54.8 Å². The van der Waals surface area contributed by atoms with Crippen LogP contribution < -0.4 is 4.90 Å². The van der Waals surface area contributed by atoms with E-state index in [0.717, 1.165) is 24.4 Å². The molecular weight excluding hydrogens is 390 g/mol. The van der Waals surface area contributed by atoms with Crippen LogP contribution in [0, 0.1) is 6.92 Å². The Morgan fingerprint density at radius 2 is 2.05 bits per heavy atom. The van der Waals surface area contributed by atoms with Crippen LogP contribution in [-0.4, -0.2) is 12.5 Å². The van der Waals surface area contributed by atoms with Gasteiger partial charge in [-0.3, -0.25) is 4.79 Å². The Balaban J connectivity index is 2.34. The number of halogens is 2. The molecule has 0 saturated heterocycles. The van der Waals surface area contributed by atoms with E-state index >= 15 is 0 Å². The molecule has 0 radical (unpaired) electrons. The number of hydrogen-bond acceptors (Lipinski definition) is 2. The third-order valence-corrected chi connectivity index (χ3v) is 5.97. The number of aryl methyl sites for hydroxylation is 1. The average molecular weight is 403 g/mol. The lowest BCUT2D eigenvalue weighted by atomic mass is 10.2. The lowest BCUT2D eigenvalue weighted by Gasteiger charge is -2.20. The minimum atomic E-state index is 0.0319. The second-order valence-electron chi connectivity index (χ2n) is 4.12. The van der Waals surface area contributed by atoms with Gasteiger partial charge in [0.05, 0.1) is 8.66 Å². The minimum absolute atomic E-state index is 0.0319. The maximum atomic E-state index is 12.5. The van der Waals surface area contributed by atoms with Crippen LogP contribution in [0.25, 0.3) is 0 Å². The van der Waals surface area contributed by atoms with Gasteiger partial charge in [0.15, 0.2) is 0 Å². The predicted octanol–water partition coefficient (Wildman–Crippen LogP) is 5.25. The van der Waals surface area contributed by atoms with Crippen molar-refractivity contribution in [1.29, 1.82) is 0 Å². The van der Waals surface area contributed by atoms with E-state index in [4.69, 9.17) is 0 Å². The highest BCUT2D eigenvalue weighted by Gasteiger charge is 2.19. The Labute approximate surface area is 133 Å². The van der Waals surface area contributed by atoms with Crippen LogP contribution >= 0.6 is 43.2 Å². The molecule has 0 atom stereocenters. The molecule has 0 aliphatic carbocycles. The van der Waals surface area contributed by atoms with Gasteiger partial charge >= 0.3 is 0 Å². The van der Waals surface area contributed by atoms with Crippen LogP contribution in [-0.2, 0) is 0 Å². The summed E-state index contributed by atoms with van der Waals surface area (Å²) in [6.07, 6.45) is 0. The quantitative estimate of drug-likeness (QED) is 0.686. The molecule has 5 heteroatoms. The summed E-state index contributed by atoms with van der Waals surface area (Å²) < 4.78 is 1.86. The standard InChI is InChI=1S/C14H13Br2NOS/c1-3-17(10-6-4-5-9(2)7-10)14(18)12-8-11(15)13(16)19-12/h4-8H,3H2,1-2H3. The molecule has 0 unspecified atom stereocenters. The summed E-state index contributed by atoms with van der Waals surface area (Å²) in [6.45, 7) is 4.66. The normalized spacial score (nSPS) is 10.5. The topological polar surface area (TPSA) is 20.3 Å². The molecule has 2 nitrogen and oxygen atoms in total. The van der Waals surface area contributed by atoms with Crippen molar-refractivity contribution in [2.75, 3.05) is 11.4 Å². The summed E-state index contributed by atoms with van der Waals surface area (Å²) in [5, 5.41) is 0. The maximum Gasteiger partial charge on any atom is 0.268 e. The summed E-state index contributed by atoms with van der Waals surface area (Å²) in [6, 6.07) is 9.85. The monoisotopic (exact) mass is 401 g/mol. The molecule has 1 heterocycles. The lowest BCUT2D eigenvalue weighted by Crippen LogP contribution is -2.29. The zero-order valence-electron chi connectivity index (χ0n) is 10.6. The fourth-order valence-corrected chi connectivity index (χ4v) is 3.81. The number of benzene rings is 1. The van der Waals surface area contributed by atoms with Crippen molar-refractivity contribution in [3.05, 3.63) is 49.0 Å². The van der Waals surface area contributed by atoms with Gasteiger partial charge in [0, 0.05) is 16.7 Å². The number of hydrogen-bond donors (Lipinski definition) is 0. The summed E-state index contributed by atoms with van der Waals surface area (Å²) in [5.74, 6) is 0.0319. The first-order chi connectivity index (χ1) is 9.02. The van der Waals surface area contributed by atoms with Gasteiger partial charge in [-0.2, -0.15) is 0 Å². The third-order valence-electron chi connectivity index (χ3n) is 2.73. The van der Waals surface area contributed by atoms with Crippen molar-refractivity contribution < 1.29 is 4.79 Å². The van der Waals surface area contributed by atoms with Crippen LogP contribution in [0.15, 0.2) is 38.6 Å². The molecule has 100 valence electrons. The second kappa shape index (κ2) is 6.20. The zero-order chi connectivity index (χ0) is 14.0. The molecule has 0 aliphatic rings. The van der Waals surface area contributed by atoms with Gasteiger partial charge in [0.25, 0.3) is 5.91 Å². The second-order valence-corrected chi connectivity index (χ2v) is 7.35. The Bertz CT molecular complexity index is 590. The van der Waals surface area contributed by atoms with Crippen LogP contribution in [0.4, 0.5) is 5.69 Å². The first-order valence-corrected chi connectivity index (χ1v) is 8.26. The number of nitrogens with zero attached hydrogens (tertiary/aromatic N) is 1. The molecule has 0 saturated carbocycles. The Hall–Kier alpha value is -0.650. The number of anilines is 1. The van der Waals surface area contributed by atoms with Gasteiger partial charge in [-0.05, 0) is 69.5 Å². The van der Waals surface area contributed by atoms with Gasteiger partial charge in [-0.1, -0.05) is 12.1 Å². The van der Waals surface area contributed by atoms with Crippen LogP contribution in [0.2, 0.25) is 0 Å². The number of thiophene rings is 1. The highest BCUT2D eigenvalue weighted by molar-refractivity contribution is 9.13. The smallest absolute Gasteiger partial charge is 0.268 e. The van der Waals surface area contributed by atoms with E-state index in [2.05, 4.69) is 31.9 Å². The third kappa shape index (κ3) is 3.27. The van der Waals surface area contributed by atoms with Gasteiger partial charge in [-0.25, -0.2) is 0 Å². The van der Waals surface area contributed by atoms with E-state index in [1.54, 1.807) is 4.90 Å². The molecular formula is C14H13Br2NOS. The fourth-order valence-electron chi connectivity index (χ4n) is 1.82. The number of rotatable bonds is 3. The van der Waals surface area contributed by atoms with Crippen molar-refractivity contribution in [2.24, 2.45) is 0 Å². The van der Waals surface area contributed by atoms with Crippen molar-refractivity contribution in [3.63, 3.8) is 0 Å². The summed E-state index contributed by atoms with van der Waals surface area (Å²) >= 11 is 8.28. The maximum absolute atomic E-state index is 12.5. The van der Waals surface area contributed by atoms with Crippen LogP contribution in [0.1, 0.15) is 22.2 Å². The van der Waals surface area contributed by atoms with Gasteiger partial charge in [0.2, 0.25) is 0 Å². The van der Waals surface area contributed by atoms with Crippen molar-refractivity contribution in [1.82, 2.24) is 0 Å². The van der Waals surface area contributed by atoms with Gasteiger partial charge in [0.1, 0.15) is 0 Å². The first kappa shape index (κ1) is 14.8. The number of amides is 1. The zero-order valence-corrected chi connectivity index (χ0v) is 14.6. The van der Waals surface area contributed by atoms with E-state index in [1.807, 2.05) is 44.2 Å². The van der Waals surface area contributed by atoms with Crippen LogP contribution in [0.5, 0.6) is 0 Å². The number of carbonyl (C=O) groups is 1.